The summed E-state index contributed by atoms with van der Waals surface area (Å²) < 4.78 is 0. The summed E-state index contributed by atoms with van der Waals surface area (Å²) in [5, 5.41) is 0. The Morgan fingerprint density at radius 3 is 2.25 bits per heavy atom. The number of hydrogen-bond donors (Lipinski definition) is 1. The van der Waals surface area contributed by atoms with E-state index in [9.17, 15) is 0 Å². The molecular weight excluding hydrogens is 196 g/mol. The predicted molar refractivity (Wildman–Crippen MR) is 71.6 cm³/mol. The first-order valence-electron chi connectivity index (χ1n) is 7.05. The zero-order chi connectivity index (χ0) is 12.2. The Morgan fingerprint density at radius 2 is 1.81 bits per heavy atom. The van der Waals surface area contributed by atoms with Crippen LogP contribution in [-0.2, 0) is 0 Å². The first kappa shape index (κ1) is 14.0. The molecule has 0 aliphatic carbocycles. The fourth-order valence-corrected chi connectivity index (χ4v) is 2.80. The molecule has 0 amide bonds. The van der Waals surface area contributed by atoms with E-state index in [1.54, 1.807) is 0 Å². The molecule has 2 heteroatoms. The van der Waals surface area contributed by atoms with Crippen LogP contribution >= 0.6 is 0 Å². The van der Waals surface area contributed by atoms with Crippen molar-refractivity contribution in [3.05, 3.63) is 0 Å². The van der Waals surface area contributed by atoms with Crippen LogP contribution < -0.4 is 5.73 Å². The van der Waals surface area contributed by atoms with E-state index < -0.39 is 0 Å². The Morgan fingerprint density at radius 1 is 1.25 bits per heavy atom. The Labute approximate surface area is 102 Å². The number of nitrogens with zero attached hydrogens (tertiary/aromatic N) is 1. The molecule has 1 rings (SSSR count). The summed E-state index contributed by atoms with van der Waals surface area (Å²) in [4.78, 5) is 2.63. The van der Waals surface area contributed by atoms with Gasteiger partial charge >= 0.3 is 0 Å². The van der Waals surface area contributed by atoms with Gasteiger partial charge in [-0.25, -0.2) is 0 Å². The van der Waals surface area contributed by atoms with Gasteiger partial charge in [0.1, 0.15) is 0 Å². The van der Waals surface area contributed by atoms with E-state index in [1.807, 2.05) is 0 Å². The van der Waals surface area contributed by atoms with Crippen molar-refractivity contribution in [2.75, 3.05) is 13.1 Å². The molecule has 1 aliphatic heterocycles. The van der Waals surface area contributed by atoms with Crippen molar-refractivity contribution in [3.63, 3.8) is 0 Å². The molecule has 2 N–H and O–H groups in total. The second-order valence-electron chi connectivity index (χ2n) is 5.76. The molecule has 3 unspecified atom stereocenters. The third kappa shape index (κ3) is 2.98. The summed E-state index contributed by atoms with van der Waals surface area (Å²) in [6, 6.07) is 0.325. The first-order chi connectivity index (χ1) is 7.54. The lowest BCUT2D eigenvalue weighted by Gasteiger charge is -2.43. The fraction of sp³-hybridized carbons (Fsp3) is 1.00. The van der Waals surface area contributed by atoms with Gasteiger partial charge in [-0.3, -0.25) is 4.90 Å². The van der Waals surface area contributed by atoms with Crippen LogP contribution in [0.3, 0.4) is 0 Å². The van der Waals surface area contributed by atoms with Crippen molar-refractivity contribution in [2.24, 2.45) is 11.7 Å². The average molecular weight is 226 g/mol. The monoisotopic (exact) mass is 226 g/mol. The van der Waals surface area contributed by atoms with Crippen molar-refractivity contribution in [1.29, 1.82) is 0 Å². The number of likely N-dealkylation sites (tertiary alicyclic amines) is 1. The van der Waals surface area contributed by atoms with Gasteiger partial charge < -0.3 is 5.73 Å². The molecule has 0 aromatic rings. The summed E-state index contributed by atoms with van der Waals surface area (Å²) in [6.07, 6.45) is 6.28. The van der Waals surface area contributed by atoms with E-state index in [0.717, 1.165) is 12.3 Å². The van der Waals surface area contributed by atoms with E-state index in [-0.39, 0.29) is 5.54 Å². The lowest BCUT2D eigenvalue weighted by atomic mass is 9.82. The molecule has 0 bridgehead atoms. The highest BCUT2D eigenvalue weighted by molar-refractivity contribution is 4.96. The Balaban J connectivity index is 2.62. The fourth-order valence-electron chi connectivity index (χ4n) is 2.80. The van der Waals surface area contributed by atoms with Gasteiger partial charge in [0.05, 0.1) is 0 Å². The van der Waals surface area contributed by atoms with Crippen LogP contribution in [0.4, 0.5) is 0 Å². The minimum Gasteiger partial charge on any atom is -0.326 e. The summed E-state index contributed by atoms with van der Waals surface area (Å²) in [7, 11) is 0. The molecule has 0 spiro atoms. The average Bonchev–Trinajstić information content (AvgIpc) is 2.81. The predicted octanol–water partition coefficient (Wildman–Crippen LogP) is 3.01. The molecule has 1 fully saturated rings. The highest BCUT2D eigenvalue weighted by Crippen LogP contribution is 2.30. The van der Waals surface area contributed by atoms with Crippen molar-refractivity contribution in [1.82, 2.24) is 4.90 Å². The van der Waals surface area contributed by atoms with E-state index in [4.69, 9.17) is 5.73 Å². The molecule has 0 aromatic heterocycles. The van der Waals surface area contributed by atoms with Crippen molar-refractivity contribution < 1.29 is 0 Å². The quantitative estimate of drug-likeness (QED) is 0.754. The number of rotatable bonds is 6. The molecule has 0 saturated carbocycles. The Bertz CT molecular complexity index is 199. The highest BCUT2D eigenvalue weighted by atomic mass is 15.2. The molecule has 0 radical (unpaired) electrons. The van der Waals surface area contributed by atoms with Crippen LogP contribution in [0.1, 0.15) is 59.8 Å². The minimum atomic E-state index is 0.222. The summed E-state index contributed by atoms with van der Waals surface area (Å²) in [5.74, 6) is 0.753. The highest BCUT2D eigenvalue weighted by Gasteiger charge is 2.37. The van der Waals surface area contributed by atoms with Gasteiger partial charge in [0.15, 0.2) is 0 Å². The lowest BCUT2D eigenvalue weighted by Crippen LogP contribution is -2.57. The molecule has 1 aliphatic rings. The van der Waals surface area contributed by atoms with Crippen LogP contribution in [0.25, 0.3) is 0 Å². The van der Waals surface area contributed by atoms with Crippen LogP contribution in [0.2, 0.25) is 0 Å². The van der Waals surface area contributed by atoms with Gasteiger partial charge in [0.2, 0.25) is 0 Å². The Hall–Kier alpha value is -0.0800. The zero-order valence-corrected chi connectivity index (χ0v) is 11.6. The summed E-state index contributed by atoms with van der Waals surface area (Å²) in [5.41, 5.74) is 6.70. The summed E-state index contributed by atoms with van der Waals surface area (Å²) in [6.45, 7) is 11.7. The van der Waals surface area contributed by atoms with E-state index in [2.05, 4.69) is 32.6 Å². The zero-order valence-electron chi connectivity index (χ0n) is 11.6. The maximum Gasteiger partial charge on any atom is 0.0329 e. The maximum atomic E-state index is 6.48. The maximum absolute atomic E-state index is 6.48. The van der Waals surface area contributed by atoms with Gasteiger partial charge in [0.25, 0.3) is 0 Å². The van der Waals surface area contributed by atoms with Crippen molar-refractivity contribution in [2.45, 2.75) is 71.4 Å². The van der Waals surface area contributed by atoms with Crippen LogP contribution in [0.5, 0.6) is 0 Å². The van der Waals surface area contributed by atoms with E-state index >= 15 is 0 Å². The van der Waals surface area contributed by atoms with Crippen LogP contribution in [0, 0.1) is 5.92 Å². The molecule has 16 heavy (non-hydrogen) atoms. The van der Waals surface area contributed by atoms with Crippen molar-refractivity contribution >= 4 is 0 Å². The van der Waals surface area contributed by atoms with Gasteiger partial charge in [-0.05, 0) is 51.6 Å². The largest absolute Gasteiger partial charge is 0.326 e. The van der Waals surface area contributed by atoms with Gasteiger partial charge in [-0.1, -0.05) is 27.2 Å². The van der Waals surface area contributed by atoms with Crippen LogP contribution in [0.15, 0.2) is 0 Å². The molecule has 1 saturated heterocycles. The molecule has 0 aromatic carbocycles. The number of hydrogen-bond acceptors (Lipinski definition) is 2. The molecule has 3 atom stereocenters. The van der Waals surface area contributed by atoms with Gasteiger partial charge in [-0.15, -0.1) is 0 Å². The topological polar surface area (TPSA) is 29.3 Å². The molecular formula is C14H30N2. The second-order valence-corrected chi connectivity index (χ2v) is 5.76. The van der Waals surface area contributed by atoms with E-state index in [0.29, 0.717) is 6.04 Å². The summed E-state index contributed by atoms with van der Waals surface area (Å²) >= 11 is 0. The third-order valence-corrected chi connectivity index (χ3v) is 4.70. The normalized spacial score (nSPS) is 25.3. The van der Waals surface area contributed by atoms with Gasteiger partial charge in [-0.2, -0.15) is 0 Å². The molecule has 2 nitrogen and oxygen atoms in total. The van der Waals surface area contributed by atoms with Crippen LogP contribution in [-0.4, -0.2) is 29.6 Å². The van der Waals surface area contributed by atoms with Crippen molar-refractivity contribution in [3.8, 4) is 0 Å². The molecule has 1 heterocycles. The first-order valence-corrected chi connectivity index (χ1v) is 7.05. The lowest BCUT2D eigenvalue weighted by molar-refractivity contribution is 0.0901. The van der Waals surface area contributed by atoms with Gasteiger partial charge in [0, 0.05) is 11.6 Å². The standard InChI is InChI=1S/C14H30N2/c1-5-12(3)11-13(15)14(4,6-2)16-9-7-8-10-16/h12-13H,5-11,15H2,1-4H3. The molecule has 96 valence electrons. The minimum absolute atomic E-state index is 0.222. The number of nitrogens with two attached hydrogens (primary N) is 1. The van der Waals surface area contributed by atoms with E-state index in [1.165, 1.54) is 38.8 Å². The second kappa shape index (κ2) is 6.02. The smallest absolute Gasteiger partial charge is 0.0329 e. The third-order valence-electron chi connectivity index (χ3n) is 4.70. The SMILES string of the molecule is CCC(C)CC(N)C(C)(CC)N1CCCC1. The Kier molecular flexibility index (Phi) is 5.26.